The highest BCUT2D eigenvalue weighted by molar-refractivity contribution is 5.53. The number of anilines is 1. The van der Waals surface area contributed by atoms with Gasteiger partial charge in [-0.2, -0.15) is 0 Å². The van der Waals surface area contributed by atoms with Crippen molar-refractivity contribution in [1.82, 2.24) is 4.98 Å². The van der Waals surface area contributed by atoms with Gasteiger partial charge in [-0.1, -0.05) is 12.8 Å². The third-order valence-corrected chi connectivity index (χ3v) is 3.74. The molecule has 0 aliphatic heterocycles. The van der Waals surface area contributed by atoms with Gasteiger partial charge in [0.05, 0.1) is 0 Å². The van der Waals surface area contributed by atoms with Gasteiger partial charge >= 0.3 is 0 Å². The molecule has 1 aromatic heterocycles. The highest BCUT2D eigenvalue weighted by Gasteiger charge is 2.18. The van der Waals surface area contributed by atoms with Crippen LogP contribution in [0, 0.1) is 12.8 Å². The molecular formula is C14H23N3. The molecule has 3 nitrogen and oxygen atoms in total. The van der Waals surface area contributed by atoms with Crippen LogP contribution in [-0.2, 0) is 6.54 Å². The first-order chi connectivity index (χ1) is 8.20. The van der Waals surface area contributed by atoms with Gasteiger partial charge in [-0.25, -0.2) is 0 Å². The minimum absolute atomic E-state index is 0.567. The number of nitrogens with two attached hydrogens (primary N) is 1. The van der Waals surface area contributed by atoms with E-state index in [-0.39, 0.29) is 0 Å². The molecule has 0 radical (unpaired) electrons. The molecule has 2 rings (SSSR count). The maximum Gasteiger partial charge on any atom is 0.0442 e. The standard InChI is InChI=1S/C14H23N3/c1-11-7-14(13(8-15)9-16-11)17(2)10-12-5-3-4-6-12/h7,9,12H,3-6,8,10,15H2,1-2H3. The third kappa shape index (κ3) is 2.97. The van der Waals surface area contributed by atoms with Crippen molar-refractivity contribution in [2.24, 2.45) is 11.7 Å². The van der Waals surface area contributed by atoms with Gasteiger partial charge in [-0.3, -0.25) is 4.98 Å². The molecule has 1 fully saturated rings. The van der Waals surface area contributed by atoms with Crippen LogP contribution in [0.15, 0.2) is 12.3 Å². The Morgan fingerprint density at radius 2 is 2.12 bits per heavy atom. The van der Waals surface area contributed by atoms with E-state index in [4.69, 9.17) is 5.73 Å². The number of pyridine rings is 1. The summed E-state index contributed by atoms with van der Waals surface area (Å²) < 4.78 is 0. The Labute approximate surface area is 104 Å². The molecule has 17 heavy (non-hydrogen) atoms. The van der Waals surface area contributed by atoms with Crippen molar-refractivity contribution in [2.75, 3.05) is 18.5 Å². The largest absolute Gasteiger partial charge is 0.374 e. The van der Waals surface area contributed by atoms with Gasteiger partial charge in [-0.05, 0) is 31.7 Å². The molecule has 94 valence electrons. The van der Waals surface area contributed by atoms with Crippen LogP contribution in [-0.4, -0.2) is 18.6 Å². The van der Waals surface area contributed by atoms with E-state index in [0.29, 0.717) is 6.54 Å². The normalized spacial score (nSPS) is 16.4. The highest BCUT2D eigenvalue weighted by Crippen LogP contribution is 2.28. The van der Waals surface area contributed by atoms with E-state index in [9.17, 15) is 0 Å². The fourth-order valence-electron chi connectivity index (χ4n) is 2.76. The lowest BCUT2D eigenvalue weighted by molar-refractivity contribution is 0.546. The lowest BCUT2D eigenvalue weighted by atomic mass is 10.1. The van der Waals surface area contributed by atoms with E-state index in [1.54, 1.807) is 0 Å². The Balaban J connectivity index is 2.11. The van der Waals surface area contributed by atoms with Crippen LogP contribution < -0.4 is 10.6 Å². The van der Waals surface area contributed by atoms with Crippen LogP contribution in [0.1, 0.15) is 36.9 Å². The highest BCUT2D eigenvalue weighted by atomic mass is 15.1. The number of aryl methyl sites for hydroxylation is 1. The van der Waals surface area contributed by atoms with Crippen LogP contribution in [0.4, 0.5) is 5.69 Å². The number of aromatic nitrogens is 1. The summed E-state index contributed by atoms with van der Waals surface area (Å²) in [5.74, 6) is 0.860. The maximum absolute atomic E-state index is 5.78. The second-order valence-electron chi connectivity index (χ2n) is 5.19. The van der Waals surface area contributed by atoms with Gasteiger partial charge in [0.1, 0.15) is 0 Å². The lowest BCUT2D eigenvalue weighted by Crippen LogP contribution is -2.25. The molecule has 0 atom stereocenters. The number of hydrogen-bond acceptors (Lipinski definition) is 3. The number of rotatable bonds is 4. The molecule has 0 spiro atoms. The van der Waals surface area contributed by atoms with Gasteiger partial charge in [0.15, 0.2) is 0 Å². The van der Waals surface area contributed by atoms with Gasteiger partial charge in [0.2, 0.25) is 0 Å². The number of nitrogens with zero attached hydrogens (tertiary/aromatic N) is 2. The summed E-state index contributed by atoms with van der Waals surface area (Å²) >= 11 is 0. The summed E-state index contributed by atoms with van der Waals surface area (Å²) in [4.78, 5) is 6.67. The summed E-state index contributed by atoms with van der Waals surface area (Å²) in [7, 11) is 2.17. The Hall–Kier alpha value is -1.09. The van der Waals surface area contributed by atoms with Crippen LogP contribution in [0.25, 0.3) is 0 Å². The van der Waals surface area contributed by atoms with Crippen LogP contribution in [0.3, 0.4) is 0 Å². The smallest absolute Gasteiger partial charge is 0.0442 e. The molecule has 3 heteroatoms. The van der Waals surface area contributed by atoms with Crippen molar-refractivity contribution in [3.05, 3.63) is 23.5 Å². The zero-order valence-corrected chi connectivity index (χ0v) is 10.9. The van der Waals surface area contributed by atoms with E-state index in [1.165, 1.54) is 31.4 Å². The average Bonchev–Trinajstić information content (AvgIpc) is 2.81. The molecule has 0 aromatic carbocycles. The SMILES string of the molecule is Cc1cc(N(C)CC2CCCC2)c(CN)cn1. The zero-order valence-electron chi connectivity index (χ0n) is 10.9. The van der Waals surface area contributed by atoms with Crippen molar-refractivity contribution < 1.29 is 0 Å². The molecule has 0 bridgehead atoms. The first-order valence-electron chi connectivity index (χ1n) is 6.57. The van der Waals surface area contributed by atoms with Crippen LogP contribution >= 0.6 is 0 Å². The van der Waals surface area contributed by atoms with E-state index in [1.807, 2.05) is 13.1 Å². The fraction of sp³-hybridized carbons (Fsp3) is 0.643. The second-order valence-corrected chi connectivity index (χ2v) is 5.19. The second kappa shape index (κ2) is 5.50. The summed E-state index contributed by atoms with van der Waals surface area (Å²) in [5, 5.41) is 0. The van der Waals surface area contributed by atoms with Crippen molar-refractivity contribution in [3.8, 4) is 0 Å². The predicted molar refractivity (Wildman–Crippen MR) is 72.1 cm³/mol. The van der Waals surface area contributed by atoms with Crippen molar-refractivity contribution in [2.45, 2.75) is 39.2 Å². The topological polar surface area (TPSA) is 42.1 Å². The van der Waals surface area contributed by atoms with Crippen molar-refractivity contribution in [3.63, 3.8) is 0 Å². The lowest BCUT2D eigenvalue weighted by Gasteiger charge is -2.25. The summed E-state index contributed by atoms with van der Waals surface area (Å²) in [5.41, 5.74) is 9.25. The predicted octanol–water partition coefficient (Wildman–Crippen LogP) is 2.48. The molecule has 1 aromatic rings. The van der Waals surface area contributed by atoms with Gasteiger partial charge < -0.3 is 10.6 Å². The van der Waals surface area contributed by atoms with Crippen molar-refractivity contribution in [1.29, 1.82) is 0 Å². The van der Waals surface area contributed by atoms with Crippen molar-refractivity contribution >= 4 is 5.69 Å². The minimum atomic E-state index is 0.567. The molecule has 1 heterocycles. The maximum atomic E-state index is 5.78. The first kappa shape index (κ1) is 12.4. The Bertz CT molecular complexity index is 370. The Kier molecular flexibility index (Phi) is 4.00. The third-order valence-electron chi connectivity index (χ3n) is 3.74. The van der Waals surface area contributed by atoms with E-state index in [0.717, 1.165) is 23.7 Å². The number of hydrogen-bond donors (Lipinski definition) is 1. The molecule has 0 saturated heterocycles. The minimum Gasteiger partial charge on any atom is -0.374 e. The zero-order chi connectivity index (χ0) is 12.3. The average molecular weight is 233 g/mol. The summed E-state index contributed by atoms with van der Waals surface area (Å²) in [6.45, 7) is 3.75. The van der Waals surface area contributed by atoms with Gasteiger partial charge in [0, 0.05) is 43.3 Å². The fourth-order valence-corrected chi connectivity index (χ4v) is 2.76. The molecular weight excluding hydrogens is 210 g/mol. The molecule has 1 aliphatic rings. The molecule has 0 unspecified atom stereocenters. The van der Waals surface area contributed by atoms with Gasteiger partial charge in [-0.15, -0.1) is 0 Å². The monoisotopic (exact) mass is 233 g/mol. The van der Waals surface area contributed by atoms with Crippen LogP contribution in [0.5, 0.6) is 0 Å². The Morgan fingerprint density at radius 1 is 1.41 bits per heavy atom. The summed E-state index contributed by atoms with van der Waals surface area (Å²) in [6, 6.07) is 2.15. The van der Waals surface area contributed by atoms with Crippen LogP contribution in [0.2, 0.25) is 0 Å². The van der Waals surface area contributed by atoms with E-state index < -0.39 is 0 Å². The van der Waals surface area contributed by atoms with Gasteiger partial charge in [0.25, 0.3) is 0 Å². The van der Waals surface area contributed by atoms with E-state index in [2.05, 4.69) is 23.0 Å². The molecule has 1 saturated carbocycles. The molecule has 2 N–H and O–H groups in total. The summed E-state index contributed by atoms with van der Waals surface area (Å²) in [6.07, 6.45) is 7.48. The Morgan fingerprint density at radius 3 is 2.76 bits per heavy atom. The first-order valence-corrected chi connectivity index (χ1v) is 6.57. The quantitative estimate of drug-likeness (QED) is 0.868. The molecule has 0 amide bonds. The molecule has 1 aliphatic carbocycles. The van der Waals surface area contributed by atoms with E-state index >= 15 is 0 Å².